The quantitative estimate of drug-likeness (QED) is 0.335. The minimum absolute atomic E-state index is 0.0109. The molecule has 1 atom stereocenters. The van der Waals surface area contributed by atoms with Crippen LogP contribution in [0.2, 0.25) is 0 Å². The van der Waals surface area contributed by atoms with Gasteiger partial charge in [-0.1, -0.05) is 51.5 Å². The monoisotopic (exact) mass is 252 g/mol. The van der Waals surface area contributed by atoms with Gasteiger partial charge in [0.2, 0.25) is 0 Å². The highest BCUT2D eigenvalue weighted by molar-refractivity contribution is 5.69. The highest BCUT2D eigenvalue weighted by atomic mass is 16.5. The van der Waals surface area contributed by atoms with Crippen molar-refractivity contribution in [1.82, 2.24) is 0 Å². The average Bonchev–Trinajstić information content (AvgIpc) is 2.74. The van der Waals surface area contributed by atoms with Crippen LogP contribution in [0.3, 0.4) is 0 Å². The van der Waals surface area contributed by atoms with Crippen LogP contribution in [0.4, 0.5) is 0 Å². The maximum atomic E-state index is 11.6. The molecule has 1 aliphatic carbocycles. The number of ether oxygens (including phenoxy) is 1. The van der Waals surface area contributed by atoms with Crippen LogP contribution in [-0.4, -0.2) is 12.1 Å². The summed E-state index contributed by atoms with van der Waals surface area (Å²) in [5.41, 5.74) is 1.22. The number of hydrogen-bond donors (Lipinski definition) is 0. The highest BCUT2D eigenvalue weighted by Crippen LogP contribution is 2.22. The smallest absolute Gasteiger partial charge is 0.306 e. The third-order valence-electron chi connectivity index (χ3n) is 3.66. The fourth-order valence-electron chi connectivity index (χ4n) is 2.42. The SMILES string of the molecule is CCCCCCCCCC(=O)OC1CCC=C1C. The van der Waals surface area contributed by atoms with Crippen molar-refractivity contribution in [3.05, 3.63) is 11.6 Å². The fourth-order valence-corrected chi connectivity index (χ4v) is 2.42. The maximum Gasteiger partial charge on any atom is 0.306 e. The highest BCUT2D eigenvalue weighted by Gasteiger charge is 2.19. The molecule has 0 aromatic heterocycles. The van der Waals surface area contributed by atoms with Gasteiger partial charge in [-0.05, 0) is 31.8 Å². The molecule has 0 aliphatic heterocycles. The first-order valence-electron chi connectivity index (χ1n) is 7.60. The minimum Gasteiger partial charge on any atom is -0.458 e. The molecule has 0 bridgehead atoms. The van der Waals surface area contributed by atoms with E-state index in [9.17, 15) is 4.79 Å². The number of allylic oxidation sites excluding steroid dienone is 1. The van der Waals surface area contributed by atoms with E-state index in [1.165, 1.54) is 37.7 Å². The topological polar surface area (TPSA) is 26.3 Å². The molecule has 0 spiro atoms. The van der Waals surface area contributed by atoms with Crippen molar-refractivity contribution >= 4 is 5.97 Å². The van der Waals surface area contributed by atoms with Gasteiger partial charge in [0.25, 0.3) is 0 Å². The first-order chi connectivity index (χ1) is 8.74. The molecule has 0 amide bonds. The summed E-state index contributed by atoms with van der Waals surface area (Å²) in [7, 11) is 0. The summed E-state index contributed by atoms with van der Waals surface area (Å²) in [5.74, 6) is -0.0109. The summed E-state index contributed by atoms with van der Waals surface area (Å²) in [4.78, 5) is 11.6. The number of carbonyl (C=O) groups excluding carboxylic acids is 1. The summed E-state index contributed by atoms with van der Waals surface area (Å²) < 4.78 is 5.46. The number of esters is 1. The first-order valence-corrected chi connectivity index (χ1v) is 7.60. The van der Waals surface area contributed by atoms with E-state index in [0.717, 1.165) is 25.7 Å². The van der Waals surface area contributed by atoms with Crippen LogP contribution in [0.15, 0.2) is 11.6 Å². The Kier molecular flexibility index (Phi) is 7.79. The number of hydrogen-bond acceptors (Lipinski definition) is 2. The zero-order valence-electron chi connectivity index (χ0n) is 12.0. The second-order valence-electron chi connectivity index (χ2n) is 5.38. The normalized spacial score (nSPS) is 18.8. The third-order valence-corrected chi connectivity index (χ3v) is 3.66. The molecule has 1 rings (SSSR count). The van der Waals surface area contributed by atoms with E-state index < -0.39 is 0 Å². The molecule has 2 heteroatoms. The van der Waals surface area contributed by atoms with Gasteiger partial charge < -0.3 is 4.74 Å². The van der Waals surface area contributed by atoms with Crippen LogP contribution >= 0.6 is 0 Å². The lowest BCUT2D eigenvalue weighted by atomic mass is 10.1. The number of carbonyl (C=O) groups is 1. The van der Waals surface area contributed by atoms with Crippen molar-refractivity contribution in [2.24, 2.45) is 0 Å². The largest absolute Gasteiger partial charge is 0.458 e. The second-order valence-corrected chi connectivity index (χ2v) is 5.38. The Morgan fingerprint density at radius 1 is 1.22 bits per heavy atom. The van der Waals surface area contributed by atoms with Crippen LogP contribution in [0, 0.1) is 0 Å². The van der Waals surface area contributed by atoms with Gasteiger partial charge in [0.1, 0.15) is 6.10 Å². The summed E-state index contributed by atoms with van der Waals surface area (Å²) in [6, 6.07) is 0. The van der Waals surface area contributed by atoms with Crippen molar-refractivity contribution in [3.63, 3.8) is 0 Å². The van der Waals surface area contributed by atoms with Crippen molar-refractivity contribution in [3.8, 4) is 0 Å². The summed E-state index contributed by atoms with van der Waals surface area (Å²) >= 11 is 0. The molecular weight excluding hydrogens is 224 g/mol. The number of rotatable bonds is 9. The van der Waals surface area contributed by atoms with E-state index >= 15 is 0 Å². The van der Waals surface area contributed by atoms with E-state index in [4.69, 9.17) is 4.74 Å². The molecule has 1 aliphatic rings. The number of unbranched alkanes of at least 4 members (excludes halogenated alkanes) is 6. The van der Waals surface area contributed by atoms with Gasteiger partial charge in [-0.3, -0.25) is 4.79 Å². The van der Waals surface area contributed by atoms with E-state index in [1.54, 1.807) is 0 Å². The van der Waals surface area contributed by atoms with Crippen LogP contribution in [0.25, 0.3) is 0 Å². The Hall–Kier alpha value is -0.790. The van der Waals surface area contributed by atoms with Gasteiger partial charge in [0, 0.05) is 6.42 Å². The first kappa shape index (κ1) is 15.3. The van der Waals surface area contributed by atoms with Crippen LogP contribution in [0.1, 0.15) is 78.1 Å². The molecule has 0 saturated heterocycles. The van der Waals surface area contributed by atoms with Crippen LogP contribution in [-0.2, 0) is 9.53 Å². The molecule has 0 radical (unpaired) electrons. The summed E-state index contributed by atoms with van der Waals surface area (Å²) in [6.07, 6.45) is 13.6. The molecule has 2 nitrogen and oxygen atoms in total. The van der Waals surface area contributed by atoms with Crippen molar-refractivity contribution in [2.75, 3.05) is 0 Å². The van der Waals surface area contributed by atoms with Gasteiger partial charge >= 0.3 is 5.97 Å². The lowest BCUT2D eigenvalue weighted by Crippen LogP contribution is -2.16. The lowest BCUT2D eigenvalue weighted by Gasteiger charge is -2.13. The van der Waals surface area contributed by atoms with Crippen LogP contribution in [0.5, 0.6) is 0 Å². The molecular formula is C16H28O2. The Labute approximate surface area is 112 Å². The van der Waals surface area contributed by atoms with Crippen LogP contribution < -0.4 is 0 Å². The fraction of sp³-hybridized carbons (Fsp3) is 0.812. The minimum atomic E-state index is -0.0109. The molecule has 18 heavy (non-hydrogen) atoms. The van der Waals surface area contributed by atoms with Gasteiger partial charge in [0.15, 0.2) is 0 Å². The molecule has 0 fully saturated rings. The predicted octanol–water partition coefficient (Wildman–Crippen LogP) is 4.78. The van der Waals surface area contributed by atoms with Gasteiger partial charge in [-0.25, -0.2) is 0 Å². The average molecular weight is 252 g/mol. The molecule has 0 saturated carbocycles. The molecule has 0 N–H and O–H groups in total. The zero-order chi connectivity index (χ0) is 13.2. The van der Waals surface area contributed by atoms with E-state index in [-0.39, 0.29) is 12.1 Å². The van der Waals surface area contributed by atoms with E-state index in [0.29, 0.717) is 6.42 Å². The van der Waals surface area contributed by atoms with Crippen molar-refractivity contribution in [1.29, 1.82) is 0 Å². The van der Waals surface area contributed by atoms with Gasteiger partial charge in [0.05, 0.1) is 0 Å². The molecule has 1 unspecified atom stereocenters. The van der Waals surface area contributed by atoms with E-state index in [2.05, 4.69) is 19.9 Å². The van der Waals surface area contributed by atoms with Gasteiger partial charge in [-0.15, -0.1) is 0 Å². The Balaban J connectivity index is 1.95. The Morgan fingerprint density at radius 3 is 2.50 bits per heavy atom. The Morgan fingerprint density at radius 2 is 1.89 bits per heavy atom. The van der Waals surface area contributed by atoms with Crippen molar-refractivity contribution < 1.29 is 9.53 Å². The zero-order valence-corrected chi connectivity index (χ0v) is 12.0. The Bertz CT molecular complexity index is 268. The second kappa shape index (κ2) is 9.18. The predicted molar refractivity (Wildman–Crippen MR) is 75.5 cm³/mol. The third kappa shape index (κ3) is 6.23. The maximum absolute atomic E-state index is 11.6. The summed E-state index contributed by atoms with van der Waals surface area (Å²) in [6.45, 7) is 4.29. The standard InChI is InChI=1S/C16H28O2/c1-3-4-5-6-7-8-9-13-16(17)18-15-12-10-11-14(15)2/h11,15H,3-10,12-13H2,1-2H3. The lowest BCUT2D eigenvalue weighted by molar-refractivity contribution is -0.147. The molecule has 0 aromatic carbocycles. The van der Waals surface area contributed by atoms with Gasteiger partial charge in [-0.2, -0.15) is 0 Å². The summed E-state index contributed by atoms with van der Waals surface area (Å²) in [5, 5.41) is 0. The van der Waals surface area contributed by atoms with Crippen molar-refractivity contribution in [2.45, 2.75) is 84.2 Å². The molecule has 104 valence electrons. The van der Waals surface area contributed by atoms with E-state index in [1.807, 2.05) is 0 Å². The molecule has 0 heterocycles. The molecule has 0 aromatic rings.